The minimum absolute atomic E-state index is 0.127. The summed E-state index contributed by atoms with van der Waals surface area (Å²) in [7, 11) is 0. The molecule has 2 N–H and O–H groups in total. The lowest BCUT2D eigenvalue weighted by atomic mass is 10.1. The first-order valence-electron chi connectivity index (χ1n) is 4.71. The van der Waals surface area contributed by atoms with Crippen LogP contribution >= 0.6 is 0 Å². The van der Waals surface area contributed by atoms with Crippen LogP contribution in [0.3, 0.4) is 0 Å². The summed E-state index contributed by atoms with van der Waals surface area (Å²) in [5, 5.41) is 17.4. The van der Waals surface area contributed by atoms with E-state index in [0.29, 0.717) is 5.56 Å². The highest BCUT2D eigenvalue weighted by Gasteiger charge is 2.11. The number of carboxylic acids is 2. The van der Waals surface area contributed by atoms with E-state index in [1.54, 1.807) is 18.2 Å². The van der Waals surface area contributed by atoms with Crippen LogP contribution in [0.4, 0.5) is 0 Å². The lowest BCUT2D eigenvalue weighted by Gasteiger charge is -2.00. The van der Waals surface area contributed by atoms with Crippen molar-refractivity contribution in [1.82, 2.24) is 0 Å². The number of benzene rings is 1. The molecule has 0 heterocycles. The Morgan fingerprint density at radius 3 is 2.50 bits per heavy atom. The minimum Gasteiger partial charge on any atom is -0.481 e. The molecule has 0 bridgehead atoms. The summed E-state index contributed by atoms with van der Waals surface area (Å²) in [6, 6.07) is 7.21. The maximum Gasteiger partial charge on any atom is 0.332 e. The molecule has 0 aromatic heterocycles. The second-order valence-electron chi connectivity index (χ2n) is 3.46. The van der Waals surface area contributed by atoms with Crippen molar-refractivity contribution in [1.29, 1.82) is 0 Å². The van der Waals surface area contributed by atoms with Gasteiger partial charge in [-0.25, -0.2) is 4.79 Å². The molecule has 4 heteroatoms. The normalized spacial score (nSPS) is 11.2. The number of hydrogen-bond donors (Lipinski definition) is 2. The van der Waals surface area contributed by atoms with E-state index in [9.17, 15) is 9.59 Å². The van der Waals surface area contributed by atoms with E-state index >= 15 is 0 Å². The van der Waals surface area contributed by atoms with Gasteiger partial charge in [-0.05, 0) is 18.6 Å². The molecule has 0 atom stereocenters. The Bertz CT molecular complexity index is 446. The quantitative estimate of drug-likeness (QED) is 0.760. The first kappa shape index (κ1) is 12.0. The Morgan fingerprint density at radius 1 is 1.31 bits per heavy atom. The van der Waals surface area contributed by atoms with Crippen molar-refractivity contribution in [2.24, 2.45) is 0 Å². The molecule has 0 fully saturated rings. The van der Waals surface area contributed by atoms with Crippen molar-refractivity contribution in [2.45, 2.75) is 13.3 Å². The number of carbonyl (C=O) groups is 2. The van der Waals surface area contributed by atoms with Gasteiger partial charge in [0, 0.05) is 5.57 Å². The van der Waals surface area contributed by atoms with Gasteiger partial charge in [0.15, 0.2) is 0 Å². The summed E-state index contributed by atoms with van der Waals surface area (Å²) < 4.78 is 0. The second-order valence-corrected chi connectivity index (χ2v) is 3.46. The highest BCUT2D eigenvalue weighted by molar-refractivity contribution is 5.96. The predicted octanol–water partition coefficient (Wildman–Crippen LogP) is 1.94. The fourth-order valence-corrected chi connectivity index (χ4v) is 1.31. The Hall–Kier alpha value is -2.10. The van der Waals surface area contributed by atoms with Gasteiger partial charge in [0.2, 0.25) is 0 Å². The third-order valence-electron chi connectivity index (χ3n) is 2.00. The smallest absolute Gasteiger partial charge is 0.332 e. The van der Waals surface area contributed by atoms with E-state index in [1.807, 2.05) is 13.0 Å². The Morgan fingerprint density at radius 2 is 2.00 bits per heavy atom. The maximum absolute atomic E-state index is 10.8. The fraction of sp³-hybridized carbons (Fsp3) is 0.167. The molecule has 0 saturated heterocycles. The van der Waals surface area contributed by atoms with E-state index < -0.39 is 18.4 Å². The van der Waals surface area contributed by atoms with Crippen molar-refractivity contribution in [3.05, 3.63) is 41.0 Å². The fourth-order valence-electron chi connectivity index (χ4n) is 1.31. The molecule has 0 aliphatic rings. The van der Waals surface area contributed by atoms with Gasteiger partial charge in [0.25, 0.3) is 0 Å². The Labute approximate surface area is 92.8 Å². The van der Waals surface area contributed by atoms with E-state index in [4.69, 9.17) is 10.2 Å². The molecule has 0 saturated carbocycles. The van der Waals surface area contributed by atoms with Crippen LogP contribution < -0.4 is 0 Å². The topological polar surface area (TPSA) is 74.6 Å². The van der Waals surface area contributed by atoms with Gasteiger partial charge < -0.3 is 10.2 Å². The van der Waals surface area contributed by atoms with Crippen LogP contribution in [0.25, 0.3) is 6.08 Å². The zero-order chi connectivity index (χ0) is 12.1. The van der Waals surface area contributed by atoms with E-state index in [2.05, 4.69) is 0 Å². The van der Waals surface area contributed by atoms with Crippen LogP contribution in [-0.4, -0.2) is 22.2 Å². The van der Waals surface area contributed by atoms with E-state index in [0.717, 1.165) is 5.56 Å². The summed E-state index contributed by atoms with van der Waals surface area (Å²) in [6.45, 7) is 1.88. The van der Waals surface area contributed by atoms with Crippen LogP contribution in [0, 0.1) is 6.92 Å². The van der Waals surface area contributed by atoms with Crippen LogP contribution in [0.5, 0.6) is 0 Å². The summed E-state index contributed by atoms with van der Waals surface area (Å²) >= 11 is 0. The molecule has 0 amide bonds. The number of carboxylic acid groups (broad SMARTS) is 2. The molecule has 0 unspecified atom stereocenters. The average molecular weight is 220 g/mol. The van der Waals surface area contributed by atoms with Gasteiger partial charge in [-0.15, -0.1) is 0 Å². The van der Waals surface area contributed by atoms with Gasteiger partial charge in [-0.1, -0.05) is 29.8 Å². The number of aryl methyl sites for hydroxylation is 1. The van der Waals surface area contributed by atoms with Gasteiger partial charge in [0.1, 0.15) is 0 Å². The van der Waals surface area contributed by atoms with Gasteiger partial charge in [0.05, 0.1) is 6.42 Å². The van der Waals surface area contributed by atoms with Crippen molar-refractivity contribution >= 4 is 18.0 Å². The van der Waals surface area contributed by atoms with Crippen LogP contribution in [0.2, 0.25) is 0 Å². The third-order valence-corrected chi connectivity index (χ3v) is 2.00. The van der Waals surface area contributed by atoms with Crippen molar-refractivity contribution < 1.29 is 19.8 Å². The number of hydrogen-bond acceptors (Lipinski definition) is 2. The van der Waals surface area contributed by atoms with Crippen molar-refractivity contribution in [2.75, 3.05) is 0 Å². The van der Waals surface area contributed by atoms with Crippen molar-refractivity contribution in [3.8, 4) is 0 Å². The largest absolute Gasteiger partial charge is 0.481 e. The molecular weight excluding hydrogens is 208 g/mol. The Balaban J connectivity index is 3.02. The highest BCUT2D eigenvalue weighted by atomic mass is 16.4. The third kappa shape index (κ3) is 3.57. The van der Waals surface area contributed by atoms with Gasteiger partial charge in [-0.3, -0.25) is 4.79 Å². The molecule has 1 rings (SSSR count). The minimum atomic E-state index is -1.20. The zero-order valence-corrected chi connectivity index (χ0v) is 8.80. The summed E-state index contributed by atoms with van der Waals surface area (Å²) in [6.07, 6.45) is 0.896. The maximum atomic E-state index is 10.8. The monoisotopic (exact) mass is 220 g/mol. The second kappa shape index (κ2) is 5.11. The molecule has 0 radical (unpaired) electrons. The molecule has 0 aliphatic carbocycles. The Kier molecular flexibility index (Phi) is 3.83. The van der Waals surface area contributed by atoms with E-state index in [1.165, 1.54) is 6.08 Å². The molecule has 84 valence electrons. The zero-order valence-electron chi connectivity index (χ0n) is 8.80. The summed E-state index contributed by atoms with van der Waals surface area (Å²) in [5.41, 5.74) is 1.56. The molecule has 16 heavy (non-hydrogen) atoms. The lowest BCUT2D eigenvalue weighted by molar-refractivity contribution is -0.139. The standard InChI is InChI=1S/C12H12O4/c1-8-3-2-4-9(5-8)6-10(12(15)16)7-11(13)14/h2-6H,7H2,1H3,(H,13,14)(H,15,16). The molecule has 0 aliphatic heterocycles. The van der Waals surface area contributed by atoms with Crippen LogP contribution in [0.1, 0.15) is 17.5 Å². The first-order valence-corrected chi connectivity index (χ1v) is 4.71. The number of aliphatic carboxylic acids is 2. The molecular formula is C12H12O4. The average Bonchev–Trinajstić information content (AvgIpc) is 2.15. The molecule has 4 nitrogen and oxygen atoms in total. The summed E-state index contributed by atoms with van der Waals surface area (Å²) in [5.74, 6) is -2.36. The SMILES string of the molecule is Cc1cccc(C=C(CC(=O)O)C(=O)O)c1. The van der Waals surface area contributed by atoms with Crippen molar-refractivity contribution in [3.63, 3.8) is 0 Å². The van der Waals surface area contributed by atoms with Gasteiger partial charge >= 0.3 is 11.9 Å². The van der Waals surface area contributed by atoms with E-state index in [-0.39, 0.29) is 5.57 Å². The highest BCUT2D eigenvalue weighted by Crippen LogP contribution is 2.12. The molecule has 1 aromatic carbocycles. The molecule has 1 aromatic rings. The number of rotatable bonds is 4. The predicted molar refractivity (Wildman–Crippen MR) is 59.0 cm³/mol. The summed E-state index contributed by atoms with van der Waals surface area (Å²) in [4.78, 5) is 21.3. The first-order chi connectivity index (χ1) is 7.49. The lowest BCUT2D eigenvalue weighted by Crippen LogP contribution is -2.06. The van der Waals surface area contributed by atoms with Crippen LogP contribution in [0.15, 0.2) is 29.8 Å². The van der Waals surface area contributed by atoms with Crippen LogP contribution in [-0.2, 0) is 9.59 Å². The molecule has 0 spiro atoms. The van der Waals surface area contributed by atoms with Gasteiger partial charge in [-0.2, -0.15) is 0 Å².